The zero-order valence-corrected chi connectivity index (χ0v) is 26.4. The third-order valence-corrected chi connectivity index (χ3v) is 10.4. The summed E-state index contributed by atoms with van der Waals surface area (Å²) in [6.07, 6.45) is 4.18. The molecule has 5 heterocycles. The van der Waals surface area contributed by atoms with Gasteiger partial charge in [-0.25, -0.2) is 4.57 Å². The van der Waals surface area contributed by atoms with Crippen LogP contribution in [0.3, 0.4) is 0 Å². The van der Waals surface area contributed by atoms with Gasteiger partial charge >= 0.3 is 5.78 Å². The van der Waals surface area contributed by atoms with Crippen molar-refractivity contribution in [2.45, 2.75) is 52.9 Å². The minimum absolute atomic E-state index is 0.0278. The SMILES string of the molecule is Cc1cccc2c1B1c3c(cccc3Cc3cc4c(c(C)c31)n(-c1cc(C(C)(C)C)cc[n+]1C)c1nc3ccccc3n41)C2. The molecule has 2 aliphatic rings. The molecule has 2 aliphatic heterocycles. The first-order chi connectivity index (χ1) is 21.2. The van der Waals surface area contributed by atoms with E-state index in [2.05, 4.69) is 140 Å². The normalized spacial score (nSPS) is 13.9. The Morgan fingerprint density at radius 1 is 0.750 bits per heavy atom. The number of para-hydroxylation sites is 2. The first-order valence-electron chi connectivity index (χ1n) is 15.8. The Balaban J connectivity index is 1.45. The van der Waals surface area contributed by atoms with Crippen molar-refractivity contribution in [1.82, 2.24) is 14.0 Å². The van der Waals surface area contributed by atoms with Crippen molar-refractivity contribution in [1.29, 1.82) is 0 Å². The quantitative estimate of drug-likeness (QED) is 0.189. The predicted octanol–water partition coefficient (Wildman–Crippen LogP) is 5.49. The molecule has 44 heavy (non-hydrogen) atoms. The van der Waals surface area contributed by atoms with Crippen molar-refractivity contribution in [3.63, 3.8) is 0 Å². The second kappa shape index (κ2) is 8.72. The molecule has 4 aromatic carbocycles. The van der Waals surface area contributed by atoms with Gasteiger partial charge in [0, 0.05) is 6.07 Å². The minimum Gasteiger partial charge on any atom is -0.254 e. The van der Waals surface area contributed by atoms with E-state index < -0.39 is 0 Å². The van der Waals surface area contributed by atoms with Crippen LogP contribution in [0.4, 0.5) is 0 Å². The average Bonchev–Trinajstić information content (AvgIpc) is 3.52. The average molecular weight is 572 g/mol. The highest BCUT2D eigenvalue weighted by atomic mass is 15.3. The second-order valence-electron chi connectivity index (χ2n) is 14.1. The van der Waals surface area contributed by atoms with Crippen LogP contribution in [0.2, 0.25) is 0 Å². The lowest BCUT2D eigenvalue weighted by molar-refractivity contribution is -0.665. The molecule has 0 radical (unpaired) electrons. The van der Waals surface area contributed by atoms with Crippen LogP contribution in [-0.2, 0) is 25.3 Å². The smallest absolute Gasteiger partial charge is 0.254 e. The molecule has 0 bridgehead atoms. The fraction of sp³-hybridized carbons (Fsp3) is 0.231. The Morgan fingerprint density at radius 3 is 2.23 bits per heavy atom. The Bertz CT molecular complexity index is 2350. The Kier molecular flexibility index (Phi) is 5.12. The molecule has 0 atom stereocenters. The van der Waals surface area contributed by atoms with Crippen LogP contribution in [0.5, 0.6) is 0 Å². The molecular weight excluding hydrogens is 535 g/mol. The van der Waals surface area contributed by atoms with E-state index in [1.807, 2.05) is 0 Å². The standard InChI is InChI=1S/C39H36BN4/c1-23-11-9-12-25-19-26-13-10-14-27-20-28-21-32-37(24(2)35(28)40(34(23)25)36(26)27)44(33-22-29(39(3,4)5)17-18-42(33)6)38-41-30-15-7-8-16-31(30)43(32)38/h7-18,21-22H,19-20H2,1-6H3/q+1. The van der Waals surface area contributed by atoms with Crippen LogP contribution in [-0.4, -0.2) is 20.7 Å². The molecule has 5 heteroatoms. The highest BCUT2D eigenvalue weighted by Gasteiger charge is 2.40. The lowest BCUT2D eigenvalue weighted by Gasteiger charge is -2.35. The molecule has 0 saturated heterocycles. The molecule has 7 aromatic rings. The summed E-state index contributed by atoms with van der Waals surface area (Å²) in [6.45, 7) is 11.8. The van der Waals surface area contributed by atoms with E-state index in [4.69, 9.17) is 4.98 Å². The Labute approximate surface area is 258 Å². The van der Waals surface area contributed by atoms with Crippen molar-refractivity contribution in [2.75, 3.05) is 0 Å². The van der Waals surface area contributed by atoms with Gasteiger partial charge in [0.25, 0.3) is 5.82 Å². The van der Waals surface area contributed by atoms with Gasteiger partial charge in [0.15, 0.2) is 5.52 Å². The molecule has 214 valence electrons. The van der Waals surface area contributed by atoms with E-state index in [-0.39, 0.29) is 12.1 Å². The van der Waals surface area contributed by atoms with E-state index >= 15 is 0 Å². The summed E-state index contributed by atoms with van der Waals surface area (Å²) in [6, 6.07) is 29.5. The highest BCUT2D eigenvalue weighted by Crippen LogP contribution is 2.34. The van der Waals surface area contributed by atoms with Gasteiger partial charge in [-0.1, -0.05) is 91.3 Å². The largest absolute Gasteiger partial charge is 0.312 e. The maximum atomic E-state index is 5.30. The van der Waals surface area contributed by atoms with Gasteiger partial charge in [-0.3, -0.25) is 4.40 Å². The van der Waals surface area contributed by atoms with Gasteiger partial charge in [-0.15, -0.1) is 0 Å². The van der Waals surface area contributed by atoms with Crippen molar-refractivity contribution < 1.29 is 4.57 Å². The van der Waals surface area contributed by atoms with Crippen LogP contribution in [0, 0.1) is 13.8 Å². The monoisotopic (exact) mass is 571 g/mol. The van der Waals surface area contributed by atoms with Crippen molar-refractivity contribution >= 4 is 50.9 Å². The van der Waals surface area contributed by atoms with Crippen LogP contribution >= 0.6 is 0 Å². The van der Waals surface area contributed by atoms with Gasteiger partial charge < -0.3 is 0 Å². The number of aryl methyl sites for hydroxylation is 3. The first-order valence-corrected chi connectivity index (χ1v) is 15.8. The number of rotatable bonds is 1. The van der Waals surface area contributed by atoms with E-state index in [9.17, 15) is 0 Å². The Morgan fingerprint density at radius 2 is 1.45 bits per heavy atom. The number of hydrogen-bond acceptors (Lipinski definition) is 1. The fourth-order valence-electron chi connectivity index (χ4n) is 8.33. The molecule has 4 nitrogen and oxygen atoms in total. The van der Waals surface area contributed by atoms with Crippen molar-refractivity contribution in [3.8, 4) is 5.82 Å². The van der Waals surface area contributed by atoms with Gasteiger partial charge in [0.1, 0.15) is 0 Å². The zero-order chi connectivity index (χ0) is 30.1. The predicted molar refractivity (Wildman–Crippen MR) is 182 cm³/mol. The van der Waals surface area contributed by atoms with Gasteiger partial charge in [-0.2, -0.15) is 9.55 Å². The number of hydrogen-bond donors (Lipinski definition) is 0. The Hall–Kier alpha value is -4.64. The van der Waals surface area contributed by atoms with Gasteiger partial charge in [-0.05, 0) is 89.8 Å². The molecule has 3 aromatic heterocycles. The van der Waals surface area contributed by atoms with Crippen LogP contribution < -0.4 is 21.0 Å². The number of nitrogens with zero attached hydrogens (tertiary/aromatic N) is 4. The molecule has 0 spiro atoms. The topological polar surface area (TPSA) is 26.1 Å². The number of pyridine rings is 1. The summed E-state index contributed by atoms with van der Waals surface area (Å²) in [5, 5.41) is 0. The molecule has 0 N–H and O–H groups in total. The van der Waals surface area contributed by atoms with E-state index in [0.29, 0.717) is 0 Å². The number of aromatic nitrogens is 4. The zero-order valence-electron chi connectivity index (χ0n) is 26.4. The molecule has 0 amide bonds. The lowest BCUT2D eigenvalue weighted by atomic mass is 9.29. The van der Waals surface area contributed by atoms with Crippen LogP contribution in [0.15, 0.2) is 85.1 Å². The van der Waals surface area contributed by atoms with E-state index in [0.717, 1.165) is 35.5 Å². The number of imidazole rings is 2. The van der Waals surface area contributed by atoms with Crippen LogP contribution in [0.1, 0.15) is 59.7 Å². The maximum absolute atomic E-state index is 5.30. The third-order valence-electron chi connectivity index (χ3n) is 10.4. The lowest BCUT2D eigenvalue weighted by Crippen LogP contribution is -2.62. The fourth-order valence-corrected chi connectivity index (χ4v) is 8.33. The molecule has 0 unspecified atom stereocenters. The molecule has 0 aliphatic carbocycles. The summed E-state index contributed by atoms with van der Waals surface area (Å²) in [5.41, 5.74) is 19.1. The minimum atomic E-state index is 0.0278. The molecule has 9 rings (SSSR count). The summed E-state index contributed by atoms with van der Waals surface area (Å²) < 4.78 is 7.08. The highest BCUT2D eigenvalue weighted by molar-refractivity contribution is 6.98. The summed E-state index contributed by atoms with van der Waals surface area (Å²) in [5.74, 6) is 2.10. The first kappa shape index (κ1) is 25.8. The number of fused-ring (bicyclic) bond motifs is 9. The maximum Gasteiger partial charge on any atom is 0.312 e. The van der Waals surface area contributed by atoms with Crippen LogP contribution in [0.25, 0.3) is 33.7 Å². The summed E-state index contributed by atoms with van der Waals surface area (Å²) >= 11 is 0. The second-order valence-corrected chi connectivity index (χ2v) is 14.1. The molecule has 0 fully saturated rings. The molecule has 0 saturated carbocycles. The summed E-state index contributed by atoms with van der Waals surface area (Å²) in [7, 11) is 2.16. The van der Waals surface area contributed by atoms with Gasteiger partial charge in [0.2, 0.25) is 6.71 Å². The van der Waals surface area contributed by atoms with Crippen molar-refractivity contribution in [3.05, 3.63) is 124 Å². The van der Waals surface area contributed by atoms with Gasteiger partial charge in [0.05, 0.1) is 29.8 Å². The van der Waals surface area contributed by atoms with E-state index in [1.165, 1.54) is 66.4 Å². The van der Waals surface area contributed by atoms with Crippen molar-refractivity contribution in [2.24, 2.45) is 7.05 Å². The molecular formula is C39H36BN4+. The summed E-state index contributed by atoms with van der Waals surface area (Å²) in [4.78, 5) is 5.30. The number of benzene rings is 4. The van der Waals surface area contributed by atoms with E-state index in [1.54, 1.807) is 0 Å². The third kappa shape index (κ3) is 3.35.